The molecule has 1 aromatic carbocycles. The Morgan fingerprint density at radius 1 is 1.47 bits per heavy atom. The first-order chi connectivity index (χ1) is 8.24. The number of nitrogens with zero attached hydrogens (tertiary/aromatic N) is 1. The van der Waals surface area contributed by atoms with E-state index in [0.717, 1.165) is 27.4 Å². The van der Waals surface area contributed by atoms with Gasteiger partial charge in [0.15, 0.2) is 0 Å². The number of methoxy groups -OCH3 is 1. The molecule has 0 fully saturated rings. The number of aromatic nitrogens is 2. The summed E-state index contributed by atoms with van der Waals surface area (Å²) < 4.78 is 5.91. The van der Waals surface area contributed by atoms with Gasteiger partial charge in [-0.1, -0.05) is 12.1 Å². The van der Waals surface area contributed by atoms with Crippen LogP contribution in [0, 0.1) is 0 Å². The van der Waals surface area contributed by atoms with Gasteiger partial charge in [-0.05, 0) is 28.1 Å². The van der Waals surface area contributed by atoms with E-state index in [1.807, 2.05) is 24.3 Å². The number of aliphatic hydroxyl groups is 1. The zero-order valence-corrected chi connectivity index (χ0v) is 11.0. The molecule has 0 aliphatic carbocycles. The fourth-order valence-electron chi connectivity index (χ4n) is 1.57. The molecule has 2 aromatic rings. The van der Waals surface area contributed by atoms with E-state index in [1.54, 1.807) is 7.11 Å². The predicted octanol–water partition coefficient (Wildman–Crippen LogP) is 2.38. The van der Waals surface area contributed by atoms with Gasteiger partial charge in [0.25, 0.3) is 0 Å². The van der Waals surface area contributed by atoms with E-state index in [-0.39, 0.29) is 6.61 Å². The lowest BCUT2D eigenvalue weighted by Gasteiger charge is -2.01. The van der Waals surface area contributed by atoms with Gasteiger partial charge in [0.1, 0.15) is 16.2 Å². The van der Waals surface area contributed by atoms with Crippen LogP contribution in [0.25, 0.3) is 11.4 Å². The Morgan fingerprint density at radius 3 is 3.00 bits per heavy atom. The van der Waals surface area contributed by atoms with E-state index in [4.69, 9.17) is 9.84 Å². The van der Waals surface area contributed by atoms with Gasteiger partial charge in [0.05, 0.1) is 12.8 Å². The number of hydrogen-bond acceptors (Lipinski definition) is 3. The van der Waals surface area contributed by atoms with Crippen LogP contribution in [0.4, 0.5) is 0 Å². The van der Waals surface area contributed by atoms with E-state index in [9.17, 15) is 0 Å². The smallest absolute Gasteiger partial charge is 0.139 e. The Hall–Kier alpha value is -1.33. The number of aliphatic hydroxyl groups excluding tert-OH is 1. The SMILES string of the molecule is COc1cccc(-c2nc(Br)c(CCO)[nH]2)c1. The summed E-state index contributed by atoms with van der Waals surface area (Å²) in [6.45, 7) is 0.0956. The molecule has 17 heavy (non-hydrogen) atoms. The highest BCUT2D eigenvalue weighted by Crippen LogP contribution is 2.24. The summed E-state index contributed by atoms with van der Waals surface area (Å²) in [5.41, 5.74) is 1.85. The number of rotatable bonds is 4. The van der Waals surface area contributed by atoms with Crippen LogP contribution in [0.1, 0.15) is 5.69 Å². The average molecular weight is 297 g/mol. The molecule has 0 amide bonds. The number of halogens is 1. The Balaban J connectivity index is 2.35. The third-order valence-corrected chi connectivity index (χ3v) is 3.09. The van der Waals surface area contributed by atoms with Gasteiger partial charge in [-0.15, -0.1) is 0 Å². The van der Waals surface area contributed by atoms with Crippen molar-refractivity contribution in [2.75, 3.05) is 13.7 Å². The van der Waals surface area contributed by atoms with Gasteiger partial charge in [-0.3, -0.25) is 0 Å². The molecule has 5 heteroatoms. The maximum Gasteiger partial charge on any atom is 0.139 e. The van der Waals surface area contributed by atoms with E-state index in [2.05, 4.69) is 25.9 Å². The monoisotopic (exact) mass is 296 g/mol. The van der Waals surface area contributed by atoms with Crippen molar-refractivity contribution in [2.24, 2.45) is 0 Å². The second kappa shape index (κ2) is 5.33. The number of ether oxygens (including phenoxy) is 1. The van der Waals surface area contributed by atoms with Gasteiger partial charge in [0.2, 0.25) is 0 Å². The second-order valence-electron chi connectivity index (χ2n) is 3.56. The molecule has 2 N–H and O–H groups in total. The summed E-state index contributed by atoms with van der Waals surface area (Å²) in [4.78, 5) is 7.55. The van der Waals surface area contributed by atoms with Gasteiger partial charge in [0, 0.05) is 18.6 Å². The van der Waals surface area contributed by atoms with Crippen molar-refractivity contribution < 1.29 is 9.84 Å². The third kappa shape index (κ3) is 2.68. The molecule has 0 spiro atoms. The number of benzene rings is 1. The first-order valence-corrected chi connectivity index (χ1v) is 6.03. The maximum atomic E-state index is 8.92. The molecule has 0 unspecified atom stereocenters. The summed E-state index contributed by atoms with van der Waals surface area (Å²) in [5, 5.41) is 8.92. The molecule has 0 saturated carbocycles. The Kier molecular flexibility index (Phi) is 3.81. The highest BCUT2D eigenvalue weighted by Gasteiger charge is 2.09. The minimum atomic E-state index is 0.0956. The van der Waals surface area contributed by atoms with Crippen LogP contribution in [0.15, 0.2) is 28.9 Å². The van der Waals surface area contributed by atoms with Crippen LogP contribution < -0.4 is 4.74 Å². The normalized spacial score (nSPS) is 10.5. The number of hydrogen-bond donors (Lipinski definition) is 2. The largest absolute Gasteiger partial charge is 0.497 e. The van der Waals surface area contributed by atoms with E-state index >= 15 is 0 Å². The highest BCUT2D eigenvalue weighted by molar-refractivity contribution is 9.10. The van der Waals surface area contributed by atoms with Gasteiger partial charge < -0.3 is 14.8 Å². The van der Waals surface area contributed by atoms with E-state index in [1.165, 1.54) is 0 Å². The van der Waals surface area contributed by atoms with Crippen molar-refractivity contribution in [1.82, 2.24) is 9.97 Å². The molecular weight excluding hydrogens is 284 g/mol. The molecule has 0 aliphatic heterocycles. The van der Waals surface area contributed by atoms with Crippen molar-refractivity contribution in [1.29, 1.82) is 0 Å². The molecule has 90 valence electrons. The summed E-state index contributed by atoms with van der Waals surface area (Å²) in [6.07, 6.45) is 0.553. The van der Waals surface area contributed by atoms with Crippen LogP contribution in [-0.4, -0.2) is 28.8 Å². The summed E-state index contributed by atoms with van der Waals surface area (Å²) in [7, 11) is 1.63. The van der Waals surface area contributed by atoms with Crippen LogP contribution in [0.2, 0.25) is 0 Å². The first kappa shape index (κ1) is 12.1. The van der Waals surface area contributed by atoms with Gasteiger partial charge in [-0.2, -0.15) is 0 Å². The fraction of sp³-hybridized carbons (Fsp3) is 0.250. The van der Waals surface area contributed by atoms with Crippen LogP contribution in [0.5, 0.6) is 5.75 Å². The number of H-pyrrole nitrogens is 1. The van der Waals surface area contributed by atoms with E-state index < -0.39 is 0 Å². The Morgan fingerprint density at radius 2 is 2.29 bits per heavy atom. The van der Waals surface area contributed by atoms with Crippen LogP contribution in [-0.2, 0) is 6.42 Å². The Labute approximate surface area is 108 Å². The van der Waals surface area contributed by atoms with Gasteiger partial charge in [-0.25, -0.2) is 4.98 Å². The quantitative estimate of drug-likeness (QED) is 0.911. The predicted molar refractivity (Wildman–Crippen MR) is 69.1 cm³/mol. The average Bonchev–Trinajstić information content (AvgIpc) is 2.72. The minimum Gasteiger partial charge on any atom is -0.497 e. The number of imidazole rings is 1. The molecule has 2 rings (SSSR count). The lowest BCUT2D eigenvalue weighted by molar-refractivity contribution is 0.298. The zero-order valence-electron chi connectivity index (χ0n) is 9.40. The number of nitrogens with one attached hydrogen (secondary N) is 1. The lowest BCUT2D eigenvalue weighted by Crippen LogP contribution is -1.91. The molecular formula is C12H13BrN2O2. The van der Waals surface area contributed by atoms with E-state index in [0.29, 0.717) is 6.42 Å². The zero-order chi connectivity index (χ0) is 12.3. The molecule has 0 atom stereocenters. The van der Waals surface area contributed by atoms with Crippen molar-refractivity contribution in [2.45, 2.75) is 6.42 Å². The van der Waals surface area contributed by atoms with Crippen molar-refractivity contribution in [3.8, 4) is 17.1 Å². The molecule has 0 saturated heterocycles. The fourth-order valence-corrected chi connectivity index (χ4v) is 2.05. The molecule has 0 aliphatic rings. The van der Waals surface area contributed by atoms with Crippen LogP contribution in [0.3, 0.4) is 0 Å². The summed E-state index contributed by atoms with van der Waals surface area (Å²) in [5.74, 6) is 1.55. The molecule has 0 bridgehead atoms. The van der Waals surface area contributed by atoms with Crippen molar-refractivity contribution in [3.63, 3.8) is 0 Å². The molecule has 1 heterocycles. The van der Waals surface area contributed by atoms with Gasteiger partial charge >= 0.3 is 0 Å². The third-order valence-electron chi connectivity index (χ3n) is 2.43. The topological polar surface area (TPSA) is 58.1 Å². The summed E-state index contributed by atoms with van der Waals surface area (Å²) in [6, 6.07) is 7.66. The number of aromatic amines is 1. The second-order valence-corrected chi connectivity index (χ2v) is 4.31. The lowest BCUT2D eigenvalue weighted by atomic mass is 10.2. The first-order valence-electron chi connectivity index (χ1n) is 5.24. The Bertz CT molecular complexity index is 511. The molecule has 0 radical (unpaired) electrons. The minimum absolute atomic E-state index is 0.0956. The summed E-state index contributed by atoms with van der Waals surface area (Å²) >= 11 is 3.37. The van der Waals surface area contributed by atoms with Crippen molar-refractivity contribution >= 4 is 15.9 Å². The van der Waals surface area contributed by atoms with Crippen LogP contribution >= 0.6 is 15.9 Å². The highest BCUT2D eigenvalue weighted by atomic mass is 79.9. The molecule has 4 nitrogen and oxygen atoms in total. The maximum absolute atomic E-state index is 8.92. The molecule has 1 aromatic heterocycles. The van der Waals surface area contributed by atoms with Crippen molar-refractivity contribution in [3.05, 3.63) is 34.6 Å². The standard InChI is InChI=1S/C12H13BrN2O2/c1-17-9-4-2-3-8(7-9)12-14-10(5-6-16)11(13)15-12/h2-4,7,16H,5-6H2,1H3,(H,14,15).